The Kier molecular flexibility index (Phi) is 5.36. The molecule has 1 amide bonds. The third-order valence-corrected chi connectivity index (χ3v) is 2.95. The first-order chi connectivity index (χ1) is 7.24. The standard InChI is InChI=1S/C11H18N2OS/c1-9(10-5-7-15-8-10)13-11(14)4-3-6-12-2/h5,7-9,12H,3-4,6H2,1-2H3,(H,13,14). The summed E-state index contributed by atoms with van der Waals surface area (Å²) in [5.41, 5.74) is 1.18. The van der Waals surface area contributed by atoms with Gasteiger partial charge in [0.15, 0.2) is 0 Å². The molecule has 0 aromatic carbocycles. The van der Waals surface area contributed by atoms with Gasteiger partial charge >= 0.3 is 0 Å². The van der Waals surface area contributed by atoms with E-state index in [1.807, 2.05) is 25.4 Å². The maximum absolute atomic E-state index is 11.5. The quantitative estimate of drug-likeness (QED) is 0.728. The Labute approximate surface area is 94.9 Å². The number of nitrogens with one attached hydrogen (secondary N) is 2. The molecule has 0 saturated heterocycles. The zero-order chi connectivity index (χ0) is 11.1. The number of thiophene rings is 1. The van der Waals surface area contributed by atoms with Crippen LogP contribution in [0, 0.1) is 0 Å². The molecule has 1 unspecified atom stereocenters. The minimum atomic E-state index is 0.123. The zero-order valence-corrected chi connectivity index (χ0v) is 10.1. The average molecular weight is 226 g/mol. The van der Waals surface area contributed by atoms with Crippen molar-refractivity contribution in [2.24, 2.45) is 0 Å². The van der Waals surface area contributed by atoms with Crippen LogP contribution in [0.1, 0.15) is 31.4 Å². The molecule has 0 aliphatic heterocycles. The molecule has 0 bridgehead atoms. The van der Waals surface area contributed by atoms with Gasteiger partial charge in [0.1, 0.15) is 0 Å². The summed E-state index contributed by atoms with van der Waals surface area (Å²) in [6.45, 7) is 2.90. The fourth-order valence-corrected chi connectivity index (χ4v) is 2.10. The second-order valence-corrected chi connectivity index (χ2v) is 4.33. The molecular formula is C11H18N2OS. The van der Waals surface area contributed by atoms with Gasteiger partial charge in [-0.1, -0.05) is 0 Å². The fraction of sp³-hybridized carbons (Fsp3) is 0.545. The molecule has 2 N–H and O–H groups in total. The van der Waals surface area contributed by atoms with Crippen molar-refractivity contribution in [1.29, 1.82) is 0 Å². The molecule has 4 heteroatoms. The number of carbonyl (C=O) groups excluding carboxylic acids is 1. The Hall–Kier alpha value is -0.870. The number of amides is 1. The van der Waals surface area contributed by atoms with E-state index < -0.39 is 0 Å². The lowest BCUT2D eigenvalue weighted by molar-refractivity contribution is -0.121. The molecule has 1 heterocycles. The van der Waals surface area contributed by atoms with E-state index in [0.29, 0.717) is 6.42 Å². The second-order valence-electron chi connectivity index (χ2n) is 3.55. The van der Waals surface area contributed by atoms with Crippen molar-refractivity contribution in [1.82, 2.24) is 10.6 Å². The van der Waals surface area contributed by atoms with Gasteiger partial charge in [-0.2, -0.15) is 11.3 Å². The number of hydrogen-bond acceptors (Lipinski definition) is 3. The Bertz CT molecular complexity index is 285. The Balaban J connectivity index is 2.26. The largest absolute Gasteiger partial charge is 0.350 e. The van der Waals surface area contributed by atoms with Crippen molar-refractivity contribution < 1.29 is 4.79 Å². The van der Waals surface area contributed by atoms with E-state index in [0.717, 1.165) is 13.0 Å². The van der Waals surface area contributed by atoms with Crippen molar-refractivity contribution in [3.63, 3.8) is 0 Å². The number of rotatable bonds is 6. The molecule has 1 aromatic heterocycles. The average Bonchev–Trinajstić information content (AvgIpc) is 2.70. The molecule has 0 saturated carbocycles. The Morgan fingerprint density at radius 1 is 1.60 bits per heavy atom. The molecule has 0 spiro atoms. The van der Waals surface area contributed by atoms with Gasteiger partial charge in [0, 0.05) is 6.42 Å². The lowest BCUT2D eigenvalue weighted by Gasteiger charge is -2.12. The van der Waals surface area contributed by atoms with E-state index >= 15 is 0 Å². The fourth-order valence-electron chi connectivity index (χ4n) is 1.34. The van der Waals surface area contributed by atoms with Crippen molar-refractivity contribution >= 4 is 17.2 Å². The van der Waals surface area contributed by atoms with Gasteiger partial charge in [-0.3, -0.25) is 4.79 Å². The predicted octanol–water partition coefficient (Wildman–Crippen LogP) is 1.92. The summed E-state index contributed by atoms with van der Waals surface area (Å²) in [6, 6.07) is 2.17. The van der Waals surface area contributed by atoms with Crippen LogP contribution >= 0.6 is 11.3 Å². The SMILES string of the molecule is CNCCCC(=O)NC(C)c1ccsc1. The first-order valence-electron chi connectivity index (χ1n) is 5.20. The van der Waals surface area contributed by atoms with Crippen LogP contribution in [0.2, 0.25) is 0 Å². The van der Waals surface area contributed by atoms with Gasteiger partial charge in [0.25, 0.3) is 0 Å². The van der Waals surface area contributed by atoms with Crippen molar-refractivity contribution in [2.45, 2.75) is 25.8 Å². The smallest absolute Gasteiger partial charge is 0.220 e. The minimum absolute atomic E-state index is 0.123. The molecular weight excluding hydrogens is 208 g/mol. The van der Waals surface area contributed by atoms with E-state index in [4.69, 9.17) is 0 Å². The zero-order valence-electron chi connectivity index (χ0n) is 9.25. The highest BCUT2D eigenvalue weighted by Crippen LogP contribution is 2.15. The lowest BCUT2D eigenvalue weighted by atomic mass is 10.2. The molecule has 1 aromatic rings. The summed E-state index contributed by atoms with van der Waals surface area (Å²) in [4.78, 5) is 11.5. The maximum Gasteiger partial charge on any atom is 0.220 e. The Morgan fingerprint density at radius 3 is 3.00 bits per heavy atom. The van der Waals surface area contributed by atoms with E-state index in [1.165, 1.54) is 5.56 Å². The van der Waals surface area contributed by atoms with Crippen LogP contribution < -0.4 is 10.6 Å². The van der Waals surface area contributed by atoms with Gasteiger partial charge in [-0.25, -0.2) is 0 Å². The molecule has 1 rings (SSSR count). The van der Waals surface area contributed by atoms with Gasteiger partial charge in [-0.05, 0) is 49.3 Å². The summed E-state index contributed by atoms with van der Waals surface area (Å²) in [7, 11) is 1.89. The maximum atomic E-state index is 11.5. The normalized spacial score (nSPS) is 12.4. The first kappa shape index (κ1) is 12.2. The van der Waals surface area contributed by atoms with Crippen LogP contribution in [0.4, 0.5) is 0 Å². The molecule has 0 fully saturated rings. The van der Waals surface area contributed by atoms with Crippen molar-refractivity contribution in [3.8, 4) is 0 Å². The first-order valence-corrected chi connectivity index (χ1v) is 6.14. The van der Waals surface area contributed by atoms with E-state index in [1.54, 1.807) is 11.3 Å². The lowest BCUT2D eigenvalue weighted by Crippen LogP contribution is -2.26. The second kappa shape index (κ2) is 6.58. The number of hydrogen-bond donors (Lipinski definition) is 2. The highest BCUT2D eigenvalue weighted by Gasteiger charge is 2.08. The topological polar surface area (TPSA) is 41.1 Å². The minimum Gasteiger partial charge on any atom is -0.350 e. The summed E-state index contributed by atoms with van der Waals surface area (Å²) in [6.07, 6.45) is 1.48. The third-order valence-electron chi connectivity index (χ3n) is 2.25. The van der Waals surface area contributed by atoms with Crippen LogP contribution in [-0.4, -0.2) is 19.5 Å². The van der Waals surface area contributed by atoms with Crippen LogP contribution in [-0.2, 0) is 4.79 Å². The molecule has 0 aliphatic rings. The van der Waals surface area contributed by atoms with E-state index in [2.05, 4.69) is 16.0 Å². The highest BCUT2D eigenvalue weighted by atomic mass is 32.1. The van der Waals surface area contributed by atoms with Crippen LogP contribution in [0.3, 0.4) is 0 Å². The molecule has 84 valence electrons. The van der Waals surface area contributed by atoms with Gasteiger partial charge < -0.3 is 10.6 Å². The van der Waals surface area contributed by atoms with E-state index in [-0.39, 0.29) is 11.9 Å². The molecule has 3 nitrogen and oxygen atoms in total. The summed E-state index contributed by atoms with van der Waals surface area (Å²) in [5.74, 6) is 0.129. The molecule has 0 aliphatic carbocycles. The van der Waals surface area contributed by atoms with Gasteiger partial charge in [-0.15, -0.1) is 0 Å². The van der Waals surface area contributed by atoms with Crippen LogP contribution in [0.15, 0.2) is 16.8 Å². The van der Waals surface area contributed by atoms with Crippen molar-refractivity contribution in [3.05, 3.63) is 22.4 Å². The van der Waals surface area contributed by atoms with Gasteiger partial charge in [0.2, 0.25) is 5.91 Å². The van der Waals surface area contributed by atoms with Crippen molar-refractivity contribution in [2.75, 3.05) is 13.6 Å². The number of carbonyl (C=O) groups is 1. The summed E-state index contributed by atoms with van der Waals surface area (Å²) in [5, 5.41) is 10.1. The molecule has 1 atom stereocenters. The van der Waals surface area contributed by atoms with Gasteiger partial charge in [0.05, 0.1) is 6.04 Å². The predicted molar refractivity (Wildman–Crippen MR) is 64.0 cm³/mol. The summed E-state index contributed by atoms with van der Waals surface area (Å²) >= 11 is 1.66. The van der Waals surface area contributed by atoms with E-state index in [9.17, 15) is 4.79 Å². The summed E-state index contributed by atoms with van der Waals surface area (Å²) < 4.78 is 0. The molecule has 15 heavy (non-hydrogen) atoms. The monoisotopic (exact) mass is 226 g/mol. The Morgan fingerprint density at radius 2 is 2.40 bits per heavy atom. The third kappa shape index (κ3) is 4.44. The highest BCUT2D eigenvalue weighted by molar-refractivity contribution is 7.07. The van der Waals surface area contributed by atoms with Crippen LogP contribution in [0.25, 0.3) is 0 Å². The van der Waals surface area contributed by atoms with Crippen LogP contribution in [0.5, 0.6) is 0 Å². The molecule has 0 radical (unpaired) electrons.